The predicted octanol–water partition coefficient (Wildman–Crippen LogP) is 3.30. The summed E-state index contributed by atoms with van der Waals surface area (Å²) in [6.07, 6.45) is 4.85. The Labute approximate surface area is 137 Å². The van der Waals surface area contributed by atoms with Gasteiger partial charge in [-0.1, -0.05) is 23.8 Å². The molecule has 0 bridgehead atoms. The summed E-state index contributed by atoms with van der Waals surface area (Å²) in [5.41, 5.74) is 0.827. The number of rotatable bonds is 5. The highest BCUT2D eigenvalue weighted by molar-refractivity contribution is 7.71. The molecule has 1 fully saturated rings. The van der Waals surface area contributed by atoms with Crippen LogP contribution >= 0.6 is 23.6 Å². The Balaban J connectivity index is 1.87. The summed E-state index contributed by atoms with van der Waals surface area (Å²) in [6.45, 7) is 6.21. The van der Waals surface area contributed by atoms with Crippen LogP contribution < -0.4 is 5.32 Å². The third kappa shape index (κ3) is 2.76. The first-order valence-electron chi connectivity index (χ1n) is 7.15. The van der Waals surface area contributed by atoms with Gasteiger partial charge >= 0.3 is 0 Å². The van der Waals surface area contributed by atoms with Crippen LogP contribution in [0, 0.1) is 17.6 Å². The summed E-state index contributed by atoms with van der Waals surface area (Å²) in [5, 5.41) is 10.6. The van der Waals surface area contributed by atoms with E-state index < -0.39 is 0 Å². The van der Waals surface area contributed by atoms with E-state index in [2.05, 4.69) is 27.1 Å². The number of carbonyl (C=O) groups is 1. The molecule has 1 aliphatic carbocycles. The van der Waals surface area contributed by atoms with Crippen LogP contribution in [0.25, 0.3) is 10.7 Å². The summed E-state index contributed by atoms with van der Waals surface area (Å²) >= 11 is 6.65. The van der Waals surface area contributed by atoms with Crippen molar-refractivity contribution in [2.24, 2.45) is 5.92 Å². The van der Waals surface area contributed by atoms with Crippen molar-refractivity contribution in [3.8, 4) is 10.7 Å². The van der Waals surface area contributed by atoms with Gasteiger partial charge in [0, 0.05) is 12.5 Å². The van der Waals surface area contributed by atoms with Gasteiger partial charge in [-0.2, -0.15) is 5.10 Å². The zero-order chi connectivity index (χ0) is 15.7. The molecule has 22 heavy (non-hydrogen) atoms. The Morgan fingerprint density at radius 1 is 1.64 bits per heavy atom. The average Bonchev–Trinajstić information content (AvgIpc) is 2.92. The number of aryl methyl sites for hydroxylation is 1. The molecular weight excluding hydrogens is 318 g/mol. The Morgan fingerprint density at radius 2 is 2.41 bits per heavy atom. The first-order valence-corrected chi connectivity index (χ1v) is 8.37. The molecule has 0 aliphatic heterocycles. The lowest BCUT2D eigenvalue weighted by molar-refractivity contribution is -0.122. The second-order valence-corrected chi connectivity index (χ2v) is 6.69. The fourth-order valence-electron chi connectivity index (χ4n) is 2.32. The molecule has 0 aromatic carbocycles. The summed E-state index contributed by atoms with van der Waals surface area (Å²) < 4.78 is 2.41. The summed E-state index contributed by atoms with van der Waals surface area (Å²) in [7, 11) is 0. The molecule has 1 aliphatic rings. The number of H-pyrrole nitrogens is 1. The van der Waals surface area contributed by atoms with Crippen molar-refractivity contribution in [2.45, 2.75) is 32.7 Å². The molecule has 1 saturated carbocycles. The van der Waals surface area contributed by atoms with Crippen molar-refractivity contribution >= 4 is 34.6 Å². The van der Waals surface area contributed by atoms with Crippen molar-refractivity contribution in [3.05, 3.63) is 23.1 Å². The minimum Gasteiger partial charge on any atom is -0.302 e. The van der Waals surface area contributed by atoms with Gasteiger partial charge < -0.3 is 5.32 Å². The molecule has 0 atom stereocenters. The number of nitrogens with zero attached hydrogens (tertiary/aromatic N) is 3. The molecule has 1 amide bonds. The molecule has 8 heteroatoms. The number of carbonyl (C=O) groups excluding carboxylic acids is 1. The third-order valence-corrected chi connectivity index (χ3v) is 5.16. The zero-order valence-corrected chi connectivity index (χ0v) is 13.9. The highest BCUT2D eigenvalue weighted by Crippen LogP contribution is 2.33. The van der Waals surface area contributed by atoms with Gasteiger partial charge in [0.05, 0.1) is 10.6 Å². The van der Waals surface area contributed by atoms with Gasteiger partial charge in [0.25, 0.3) is 0 Å². The maximum atomic E-state index is 12.0. The highest BCUT2D eigenvalue weighted by Gasteiger charge is 2.26. The number of anilines is 1. The zero-order valence-electron chi connectivity index (χ0n) is 12.3. The average molecular weight is 335 g/mol. The monoisotopic (exact) mass is 335 g/mol. The van der Waals surface area contributed by atoms with Crippen LogP contribution in [0.2, 0.25) is 0 Å². The number of thiazole rings is 1. The van der Waals surface area contributed by atoms with Gasteiger partial charge in [-0.3, -0.25) is 14.5 Å². The van der Waals surface area contributed by atoms with Gasteiger partial charge in [-0.05, 0) is 32.0 Å². The van der Waals surface area contributed by atoms with E-state index in [0.717, 1.165) is 35.7 Å². The lowest BCUT2D eigenvalue weighted by Gasteiger charge is -2.23. The van der Waals surface area contributed by atoms with Crippen LogP contribution in [0.4, 0.5) is 5.13 Å². The number of hydrogen-bond donors (Lipinski definition) is 2. The second-order valence-electron chi connectivity index (χ2n) is 5.30. The smallest absolute Gasteiger partial charge is 0.229 e. The van der Waals surface area contributed by atoms with E-state index in [4.69, 9.17) is 12.2 Å². The largest absolute Gasteiger partial charge is 0.302 e. The van der Waals surface area contributed by atoms with Gasteiger partial charge in [0.15, 0.2) is 15.7 Å². The molecule has 2 N–H and O–H groups in total. The third-order valence-electron chi connectivity index (χ3n) is 3.78. The number of allylic oxidation sites excluding steroid dienone is 1. The van der Waals surface area contributed by atoms with E-state index in [-0.39, 0.29) is 11.8 Å². The molecule has 6 nitrogen and oxygen atoms in total. The molecule has 2 aromatic rings. The van der Waals surface area contributed by atoms with E-state index >= 15 is 0 Å². The van der Waals surface area contributed by atoms with Crippen LogP contribution in [0.3, 0.4) is 0 Å². The Kier molecular flexibility index (Phi) is 4.21. The fraction of sp³-hybridized carbons (Fsp3) is 0.429. The van der Waals surface area contributed by atoms with Crippen LogP contribution in [0.15, 0.2) is 12.7 Å². The number of aromatic amines is 1. The number of hydrogen-bond acceptors (Lipinski definition) is 5. The van der Waals surface area contributed by atoms with Gasteiger partial charge in [0.2, 0.25) is 5.91 Å². The van der Waals surface area contributed by atoms with Gasteiger partial charge in [-0.25, -0.2) is 4.98 Å². The van der Waals surface area contributed by atoms with Crippen molar-refractivity contribution in [1.82, 2.24) is 19.7 Å². The van der Waals surface area contributed by atoms with Crippen LogP contribution in [0.1, 0.15) is 25.0 Å². The maximum Gasteiger partial charge on any atom is 0.229 e. The first-order chi connectivity index (χ1) is 10.6. The maximum absolute atomic E-state index is 12.0. The SMILES string of the molecule is C=CCn1c(-c2sc(NC(=O)C3CCC3)nc2C)n[nH]c1=S. The Hall–Kier alpha value is -1.80. The summed E-state index contributed by atoms with van der Waals surface area (Å²) in [6, 6.07) is 0. The Morgan fingerprint density at radius 3 is 3.05 bits per heavy atom. The quantitative estimate of drug-likeness (QED) is 0.649. The second kappa shape index (κ2) is 6.13. The van der Waals surface area contributed by atoms with E-state index in [1.165, 1.54) is 11.3 Å². The molecular formula is C14H17N5OS2. The van der Waals surface area contributed by atoms with Gasteiger partial charge in [-0.15, -0.1) is 6.58 Å². The molecule has 0 spiro atoms. The molecule has 0 saturated heterocycles. The number of aromatic nitrogens is 4. The van der Waals surface area contributed by atoms with E-state index in [1.807, 2.05) is 11.5 Å². The minimum absolute atomic E-state index is 0.0662. The van der Waals surface area contributed by atoms with Gasteiger partial charge in [0.1, 0.15) is 0 Å². The van der Waals surface area contributed by atoms with E-state index in [9.17, 15) is 4.79 Å². The van der Waals surface area contributed by atoms with Crippen molar-refractivity contribution in [1.29, 1.82) is 0 Å². The Bertz CT molecular complexity index is 769. The van der Waals surface area contributed by atoms with Crippen molar-refractivity contribution in [3.63, 3.8) is 0 Å². The molecule has 0 radical (unpaired) electrons. The summed E-state index contributed by atoms with van der Waals surface area (Å²) in [4.78, 5) is 17.4. The predicted molar refractivity (Wildman–Crippen MR) is 89.4 cm³/mol. The van der Waals surface area contributed by atoms with Crippen molar-refractivity contribution in [2.75, 3.05) is 5.32 Å². The van der Waals surface area contributed by atoms with Crippen LogP contribution in [0.5, 0.6) is 0 Å². The molecule has 2 aromatic heterocycles. The molecule has 116 valence electrons. The van der Waals surface area contributed by atoms with E-state index in [1.54, 1.807) is 6.08 Å². The normalized spacial score (nSPS) is 14.6. The molecule has 0 unspecified atom stereocenters. The fourth-order valence-corrected chi connectivity index (χ4v) is 3.50. The van der Waals surface area contributed by atoms with Crippen LogP contribution in [-0.4, -0.2) is 25.7 Å². The standard InChI is InChI=1S/C14H17N5OS2/c1-3-7-19-11(17-18-14(19)21)10-8(2)15-13(22-10)16-12(20)9-5-4-6-9/h3,9H,1,4-7H2,2H3,(H,18,21)(H,15,16,20). The number of amides is 1. The highest BCUT2D eigenvalue weighted by atomic mass is 32.1. The molecule has 2 heterocycles. The topological polar surface area (TPSA) is 75.6 Å². The van der Waals surface area contributed by atoms with Crippen LogP contribution in [-0.2, 0) is 11.3 Å². The van der Waals surface area contributed by atoms with E-state index in [0.29, 0.717) is 16.4 Å². The lowest BCUT2D eigenvalue weighted by Crippen LogP contribution is -2.27. The first kappa shape index (κ1) is 15.1. The molecule has 3 rings (SSSR count). The lowest BCUT2D eigenvalue weighted by atomic mass is 9.85. The minimum atomic E-state index is 0.0662. The summed E-state index contributed by atoms with van der Waals surface area (Å²) in [5.74, 6) is 0.934. The van der Waals surface area contributed by atoms with Crippen molar-refractivity contribution < 1.29 is 4.79 Å². The number of nitrogens with one attached hydrogen (secondary N) is 2.